The van der Waals surface area contributed by atoms with Gasteiger partial charge in [0.1, 0.15) is 5.02 Å². The quantitative estimate of drug-likeness (QED) is 0.254. The summed E-state index contributed by atoms with van der Waals surface area (Å²) in [4.78, 5) is 27.0. The molecule has 1 heterocycles. The number of halogens is 1. The van der Waals surface area contributed by atoms with Crippen molar-refractivity contribution in [1.29, 1.82) is 0 Å². The molecule has 0 N–H and O–H groups in total. The van der Waals surface area contributed by atoms with Crippen LogP contribution in [0.3, 0.4) is 0 Å². The van der Waals surface area contributed by atoms with E-state index in [4.69, 9.17) is 16.3 Å². The molecule has 3 aromatic rings. The van der Waals surface area contributed by atoms with Gasteiger partial charge in [-0.25, -0.2) is 4.79 Å². The van der Waals surface area contributed by atoms with Crippen molar-refractivity contribution in [2.24, 2.45) is 0 Å². The predicted octanol–water partition coefficient (Wildman–Crippen LogP) is 4.99. The third kappa shape index (κ3) is 4.81. The lowest BCUT2D eigenvalue weighted by Gasteiger charge is -2.16. The molecular weight excluding hydrogens is 380 g/mol. The molecule has 0 aliphatic rings. The van der Waals surface area contributed by atoms with E-state index in [2.05, 4.69) is 4.98 Å². The fourth-order valence-electron chi connectivity index (χ4n) is 2.55. The minimum absolute atomic E-state index is 0.0315. The first kappa shape index (κ1) is 19.3. The number of nitrogens with zero attached hydrogens (tertiary/aromatic N) is 2. The highest BCUT2D eigenvalue weighted by molar-refractivity contribution is 6.32. The molecule has 0 aliphatic carbocycles. The van der Waals surface area contributed by atoms with Gasteiger partial charge in [-0.2, -0.15) is 0 Å². The van der Waals surface area contributed by atoms with E-state index in [9.17, 15) is 14.9 Å². The van der Waals surface area contributed by atoms with Crippen molar-refractivity contribution in [2.45, 2.75) is 6.10 Å². The Balaban J connectivity index is 1.80. The van der Waals surface area contributed by atoms with E-state index < -0.39 is 17.0 Å². The van der Waals surface area contributed by atoms with E-state index in [0.717, 1.165) is 5.56 Å². The average molecular weight is 395 g/mol. The van der Waals surface area contributed by atoms with Crippen LogP contribution in [0.15, 0.2) is 79.0 Å². The largest absolute Gasteiger partial charge is 0.448 e. The van der Waals surface area contributed by atoms with Gasteiger partial charge in [0.25, 0.3) is 5.69 Å². The highest BCUT2D eigenvalue weighted by Crippen LogP contribution is 2.26. The Hall–Kier alpha value is -3.51. The second-order valence-corrected chi connectivity index (χ2v) is 6.19. The van der Waals surface area contributed by atoms with Crippen LogP contribution in [0.4, 0.5) is 5.69 Å². The highest BCUT2D eigenvalue weighted by Gasteiger charge is 2.19. The van der Waals surface area contributed by atoms with E-state index in [1.54, 1.807) is 24.4 Å². The summed E-state index contributed by atoms with van der Waals surface area (Å²) in [5.41, 5.74) is 1.61. The highest BCUT2D eigenvalue weighted by atomic mass is 35.5. The first-order valence-electron chi connectivity index (χ1n) is 8.33. The number of carbonyl (C=O) groups excluding carboxylic acids is 1. The van der Waals surface area contributed by atoms with Gasteiger partial charge >= 0.3 is 5.97 Å². The van der Waals surface area contributed by atoms with Gasteiger partial charge in [0.05, 0.1) is 10.6 Å². The minimum Gasteiger partial charge on any atom is -0.448 e. The number of hydrogen-bond acceptors (Lipinski definition) is 5. The van der Waals surface area contributed by atoms with Crippen LogP contribution >= 0.6 is 11.6 Å². The molecule has 2 aromatic carbocycles. The minimum atomic E-state index is -0.667. The molecule has 1 aromatic heterocycles. The number of carbonyl (C=O) groups is 1. The van der Waals surface area contributed by atoms with Gasteiger partial charge in [-0.15, -0.1) is 0 Å². The zero-order valence-corrected chi connectivity index (χ0v) is 15.3. The summed E-state index contributed by atoms with van der Waals surface area (Å²) in [5.74, 6) is -0.600. The Labute approximate surface area is 166 Å². The lowest BCUT2D eigenvalue weighted by Crippen LogP contribution is -2.12. The molecule has 0 bridgehead atoms. The molecular formula is C21H15ClN2O4. The van der Waals surface area contributed by atoms with Gasteiger partial charge in [-0.3, -0.25) is 15.1 Å². The molecule has 1 unspecified atom stereocenters. The molecule has 0 fully saturated rings. The van der Waals surface area contributed by atoms with Crippen molar-refractivity contribution in [3.63, 3.8) is 0 Å². The molecule has 0 amide bonds. The molecule has 0 saturated heterocycles. The number of rotatable bonds is 6. The van der Waals surface area contributed by atoms with E-state index in [-0.39, 0.29) is 10.7 Å². The second-order valence-electron chi connectivity index (χ2n) is 5.78. The van der Waals surface area contributed by atoms with Gasteiger partial charge in [0.15, 0.2) is 6.10 Å². The zero-order chi connectivity index (χ0) is 19.9. The summed E-state index contributed by atoms with van der Waals surface area (Å²) in [6, 6.07) is 18.9. The van der Waals surface area contributed by atoms with Gasteiger partial charge in [-0.05, 0) is 35.4 Å². The number of aromatic nitrogens is 1. The summed E-state index contributed by atoms with van der Waals surface area (Å²) in [6.45, 7) is 0. The number of pyridine rings is 1. The van der Waals surface area contributed by atoms with E-state index in [1.807, 2.05) is 36.4 Å². The molecule has 1 atom stereocenters. The number of benzene rings is 2. The molecule has 140 valence electrons. The van der Waals surface area contributed by atoms with E-state index in [0.29, 0.717) is 11.3 Å². The summed E-state index contributed by atoms with van der Waals surface area (Å²) in [5, 5.41) is 11.0. The Kier molecular flexibility index (Phi) is 6.14. The number of hydrogen-bond donors (Lipinski definition) is 0. The van der Waals surface area contributed by atoms with Crippen molar-refractivity contribution in [3.8, 4) is 0 Å². The molecule has 6 nitrogen and oxygen atoms in total. The first-order valence-corrected chi connectivity index (χ1v) is 8.71. The molecule has 28 heavy (non-hydrogen) atoms. The van der Waals surface area contributed by atoms with Crippen LogP contribution in [0.25, 0.3) is 6.08 Å². The average Bonchev–Trinajstić information content (AvgIpc) is 2.72. The third-order valence-corrected chi connectivity index (χ3v) is 4.19. The smallest absolute Gasteiger partial charge is 0.331 e. The maximum Gasteiger partial charge on any atom is 0.331 e. The Morgan fingerprint density at radius 2 is 1.86 bits per heavy atom. The Morgan fingerprint density at radius 3 is 2.54 bits per heavy atom. The second kappa shape index (κ2) is 8.92. The van der Waals surface area contributed by atoms with Crippen LogP contribution in [0.2, 0.25) is 5.02 Å². The maximum atomic E-state index is 12.4. The SMILES string of the molecule is O=C(/C=C/c1ccc(Cl)c([N+](=O)[O-])c1)OC(c1ccccc1)c1ccccn1. The summed E-state index contributed by atoms with van der Waals surface area (Å²) in [7, 11) is 0. The molecule has 0 saturated carbocycles. The van der Waals surface area contributed by atoms with E-state index >= 15 is 0 Å². The topological polar surface area (TPSA) is 82.3 Å². The Bertz CT molecular complexity index is 968. The van der Waals surface area contributed by atoms with Crippen molar-refractivity contribution < 1.29 is 14.5 Å². The van der Waals surface area contributed by atoms with Crippen molar-refractivity contribution >= 4 is 29.3 Å². The van der Waals surface area contributed by atoms with E-state index in [1.165, 1.54) is 24.3 Å². The van der Waals surface area contributed by atoms with Gasteiger partial charge in [0.2, 0.25) is 0 Å². The maximum absolute atomic E-state index is 12.4. The van der Waals surface area contributed by atoms with Crippen LogP contribution in [-0.4, -0.2) is 15.9 Å². The fraction of sp³-hybridized carbons (Fsp3) is 0.0476. The number of nitro benzene ring substituents is 1. The Morgan fingerprint density at radius 1 is 1.11 bits per heavy atom. The van der Waals surface area contributed by atoms with Crippen LogP contribution in [0.1, 0.15) is 22.9 Å². The van der Waals surface area contributed by atoms with Gasteiger partial charge < -0.3 is 4.74 Å². The molecule has 0 aliphatic heterocycles. The van der Waals surface area contributed by atoms with Gasteiger partial charge in [-0.1, -0.05) is 54.1 Å². The van der Waals surface area contributed by atoms with Crippen LogP contribution in [0, 0.1) is 10.1 Å². The number of esters is 1. The van der Waals surface area contributed by atoms with Crippen molar-refractivity contribution in [3.05, 3.63) is 111 Å². The molecule has 0 spiro atoms. The summed E-state index contributed by atoms with van der Waals surface area (Å²) in [6.07, 6.45) is 3.61. The zero-order valence-electron chi connectivity index (χ0n) is 14.6. The lowest BCUT2D eigenvalue weighted by atomic mass is 10.1. The fourth-order valence-corrected chi connectivity index (χ4v) is 2.74. The van der Waals surface area contributed by atoms with Crippen LogP contribution in [0.5, 0.6) is 0 Å². The predicted molar refractivity (Wildman–Crippen MR) is 106 cm³/mol. The molecule has 0 radical (unpaired) electrons. The summed E-state index contributed by atoms with van der Waals surface area (Å²) >= 11 is 5.79. The van der Waals surface area contributed by atoms with Crippen molar-refractivity contribution in [2.75, 3.05) is 0 Å². The standard InChI is InChI=1S/C21H15ClN2O4/c22-17-11-9-15(14-19(17)24(26)27)10-12-20(25)28-21(16-6-2-1-3-7-16)18-8-4-5-13-23-18/h1-14,21H/b12-10+. The lowest BCUT2D eigenvalue weighted by molar-refractivity contribution is -0.384. The van der Waals surface area contributed by atoms with Crippen LogP contribution in [-0.2, 0) is 9.53 Å². The number of nitro groups is 1. The van der Waals surface area contributed by atoms with Gasteiger partial charge in [0, 0.05) is 18.3 Å². The molecule has 3 rings (SSSR count). The third-order valence-electron chi connectivity index (χ3n) is 3.87. The molecule has 7 heteroatoms. The first-order chi connectivity index (χ1) is 13.5. The summed E-state index contributed by atoms with van der Waals surface area (Å²) < 4.78 is 5.60. The normalized spacial score (nSPS) is 11.9. The van der Waals surface area contributed by atoms with Crippen molar-refractivity contribution in [1.82, 2.24) is 4.98 Å². The monoisotopic (exact) mass is 394 g/mol. The van der Waals surface area contributed by atoms with Crippen LogP contribution < -0.4 is 0 Å². The number of ether oxygens (including phenoxy) is 1.